The van der Waals surface area contributed by atoms with Crippen molar-refractivity contribution in [2.24, 2.45) is 0 Å². The van der Waals surface area contributed by atoms with Crippen LogP contribution in [-0.2, 0) is 5.11 Å². The van der Waals surface area contributed by atoms with Crippen LogP contribution < -0.4 is 0 Å². The summed E-state index contributed by atoms with van der Waals surface area (Å²) in [7, 11) is 0. The topological polar surface area (TPSA) is 19.9 Å². The SMILES string of the molecule is [O]c1cc2ccccc2cc1Br. The summed E-state index contributed by atoms with van der Waals surface area (Å²) in [6, 6.07) is 11.3. The smallest absolute Gasteiger partial charge is 0.193 e. The van der Waals surface area contributed by atoms with Gasteiger partial charge in [0.15, 0.2) is 5.75 Å². The molecule has 0 atom stereocenters. The maximum Gasteiger partial charge on any atom is 0.193 e. The summed E-state index contributed by atoms with van der Waals surface area (Å²) in [5.41, 5.74) is 0. The Hall–Kier alpha value is -1.02. The van der Waals surface area contributed by atoms with Crippen molar-refractivity contribution in [3.8, 4) is 5.75 Å². The average molecular weight is 222 g/mol. The van der Waals surface area contributed by atoms with Crippen molar-refractivity contribution < 1.29 is 5.11 Å². The molecular formula is C10H6BrO. The Morgan fingerprint density at radius 2 is 1.58 bits per heavy atom. The lowest BCUT2D eigenvalue weighted by atomic mass is 10.1. The molecule has 0 unspecified atom stereocenters. The fourth-order valence-corrected chi connectivity index (χ4v) is 1.55. The zero-order chi connectivity index (χ0) is 8.55. The van der Waals surface area contributed by atoms with E-state index >= 15 is 0 Å². The van der Waals surface area contributed by atoms with E-state index in [-0.39, 0.29) is 5.75 Å². The van der Waals surface area contributed by atoms with E-state index in [2.05, 4.69) is 15.9 Å². The first-order valence-electron chi connectivity index (χ1n) is 3.63. The van der Waals surface area contributed by atoms with Crippen LogP contribution in [0, 0.1) is 0 Å². The van der Waals surface area contributed by atoms with Gasteiger partial charge in [0.1, 0.15) is 0 Å². The van der Waals surface area contributed by atoms with Crippen LogP contribution in [0.4, 0.5) is 0 Å². The molecule has 12 heavy (non-hydrogen) atoms. The first-order valence-corrected chi connectivity index (χ1v) is 4.42. The van der Waals surface area contributed by atoms with Crippen LogP contribution in [0.5, 0.6) is 5.75 Å². The molecule has 0 amide bonds. The van der Waals surface area contributed by atoms with E-state index in [0.717, 1.165) is 10.8 Å². The van der Waals surface area contributed by atoms with Gasteiger partial charge in [-0.25, -0.2) is 0 Å². The highest BCUT2D eigenvalue weighted by Gasteiger charge is 2.00. The summed E-state index contributed by atoms with van der Waals surface area (Å²) < 4.78 is 0.626. The molecule has 1 nitrogen and oxygen atoms in total. The van der Waals surface area contributed by atoms with Gasteiger partial charge < -0.3 is 0 Å². The lowest BCUT2D eigenvalue weighted by Crippen LogP contribution is -1.72. The molecule has 0 heterocycles. The molecule has 0 aliphatic rings. The lowest BCUT2D eigenvalue weighted by Gasteiger charge is -1.98. The highest BCUT2D eigenvalue weighted by atomic mass is 79.9. The first-order chi connectivity index (χ1) is 5.77. The van der Waals surface area contributed by atoms with Gasteiger partial charge in [0.25, 0.3) is 0 Å². The summed E-state index contributed by atoms with van der Waals surface area (Å²) in [5, 5.41) is 13.3. The third-order valence-electron chi connectivity index (χ3n) is 1.80. The molecule has 2 heteroatoms. The van der Waals surface area contributed by atoms with Gasteiger partial charge >= 0.3 is 0 Å². The fraction of sp³-hybridized carbons (Fsp3) is 0. The minimum absolute atomic E-state index is 0.0358. The highest BCUT2D eigenvalue weighted by Crippen LogP contribution is 2.29. The number of hydrogen-bond acceptors (Lipinski definition) is 0. The third-order valence-corrected chi connectivity index (χ3v) is 2.42. The monoisotopic (exact) mass is 221 g/mol. The van der Waals surface area contributed by atoms with Crippen LogP contribution in [-0.4, -0.2) is 0 Å². The van der Waals surface area contributed by atoms with E-state index in [1.165, 1.54) is 0 Å². The van der Waals surface area contributed by atoms with Gasteiger partial charge in [0, 0.05) is 0 Å². The molecule has 0 aliphatic heterocycles. The van der Waals surface area contributed by atoms with Crippen LogP contribution in [0.3, 0.4) is 0 Å². The first kappa shape index (κ1) is 7.62. The van der Waals surface area contributed by atoms with Crippen molar-refractivity contribution in [3.05, 3.63) is 40.9 Å². The predicted octanol–water partition coefficient (Wildman–Crippen LogP) is 3.75. The molecule has 0 saturated carbocycles. The maximum atomic E-state index is 11.2. The molecule has 2 rings (SSSR count). The van der Waals surface area contributed by atoms with E-state index in [1.807, 2.05) is 30.3 Å². The molecule has 2 aromatic carbocycles. The number of fused-ring (bicyclic) bond motifs is 1. The molecule has 0 saturated heterocycles. The summed E-state index contributed by atoms with van der Waals surface area (Å²) in [5.74, 6) is 0.0358. The summed E-state index contributed by atoms with van der Waals surface area (Å²) in [6.45, 7) is 0. The van der Waals surface area contributed by atoms with Gasteiger partial charge in [-0.15, -0.1) is 0 Å². The Bertz CT molecular complexity index is 383. The molecular weight excluding hydrogens is 216 g/mol. The quantitative estimate of drug-likeness (QED) is 0.646. The largest absolute Gasteiger partial charge is 0.289 e. The Labute approximate surface area is 78.8 Å². The van der Waals surface area contributed by atoms with Crippen LogP contribution >= 0.6 is 15.9 Å². The van der Waals surface area contributed by atoms with Crippen molar-refractivity contribution in [2.75, 3.05) is 0 Å². The number of hydrogen-bond donors (Lipinski definition) is 0. The molecule has 2 aromatic rings. The van der Waals surface area contributed by atoms with E-state index in [1.54, 1.807) is 6.07 Å². The molecule has 0 bridgehead atoms. The van der Waals surface area contributed by atoms with Gasteiger partial charge in [-0.05, 0) is 38.8 Å². The standard InChI is InChI=1S/C10H6BrO/c11-9-5-7-3-1-2-4-8(7)6-10(9)12/h1-6H. The van der Waals surface area contributed by atoms with Gasteiger partial charge in [-0.1, -0.05) is 24.3 Å². The van der Waals surface area contributed by atoms with Crippen LogP contribution in [0.2, 0.25) is 0 Å². The van der Waals surface area contributed by atoms with E-state index in [9.17, 15) is 5.11 Å². The second kappa shape index (κ2) is 2.79. The zero-order valence-electron chi connectivity index (χ0n) is 6.25. The fourth-order valence-electron chi connectivity index (χ4n) is 1.19. The minimum atomic E-state index is 0.0358. The van der Waals surface area contributed by atoms with Crippen molar-refractivity contribution in [2.45, 2.75) is 0 Å². The lowest BCUT2D eigenvalue weighted by molar-refractivity contribution is 0.353. The molecule has 0 fully saturated rings. The summed E-state index contributed by atoms with van der Waals surface area (Å²) >= 11 is 3.20. The Balaban J connectivity index is 2.84. The van der Waals surface area contributed by atoms with Crippen LogP contribution in [0.25, 0.3) is 10.8 Å². The van der Waals surface area contributed by atoms with Gasteiger partial charge in [-0.2, -0.15) is 0 Å². The van der Waals surface area contributed by atoms with E-state index in [0.29, 0.717) is 4.47 Å². The molecule has 0 aromatic heterocycles. The predicted molar refractivity (Wildman–Crippen MR) is 51.8 cm³/mol. The molecule has 1 radical (unpaired) electrons. The number of benzene rings is 2. The van der Waals surface area contributed by atoms with Crippen molar-refractivity contribution in [1.29, 1.82) is 0 Å². The van der Waals surface area contributed by atoms with Crippen molar-refractivity contribution >= 4 is 26.7 Å². The molecule has 0 spiro atoms. The minimum Gasteiger partial charge on any atom is -0.289 e. The van der Waals surface area contributed by atoms with Gasteiger partial charge in [0.05, 0.1) is 4.47 Å². The number of halogens is 1. The van der Waals surface area contributed by atoms with Crippen LogP contribution in [0.15, 0.2) is 40.9 Å². The van der Waals surface area contributed by atoms with E-state index < -0.39 is 0 Å². The summed E-state index contributed by atoms with van der Waals surface area (Å²) in [4.78, 5) is 0. The third kappa shape index (κ3) is 1.18. The maximum absolute atomic E-state index is 11.2. The van der Waals surface area contributed by atoms with Gasteiger partial charge in [0.2, 0.25) is 0 Å². The zero-order valence-corrected chi connectivity index (χ0v) is 7.84. The van der Waals surface area contributed by atoms with Gasteiger partial charge in [-0.3, -0.25) is 5.11 Å². The summed E-state index contributed by atoms with van der Waals surface area (Å²) in [6.07, 6.45) is 0. The molecule has 0 N–H and O–H groups in total. The van der Waals surface area contributed by atoms with Crippen LogP contribution in [0.1, 0.15) is 0 Å². The second-order valence-corrected chi connectivity index (χ2v) is 3.48. The highest BCUT2D eigenvalue weighted by molar-refractivity contribution is 9.10. The normalized spacial score (nSPS) is 10.4. The van der Waals surface area contributed by atoms with Crippen molar-refractivity contribution in [1.82, 2.24) is 0 Å². The Kier molecular flexibility index (Phi) is 1.77. The average Bonchev–Trinajstić information content (AvgIpc) is 2.07. The Morgan fingerprint density at radius 3 is 2.25 bits per heavy atom. The van der Waals surface area contributed by atoms with Crippen molar-refractivity contribution in [3.63, 3.8) is 0 Å². The second-order valence-electron chi connectivity index (χ2n) is 2.63. The van der Waals surface area contributed by atoms with E-state index in [4.69, 9.17) is 0 Å². The molecule has 0 aliphatic carbocycles. The number of rotatable bonds is 0. The Morgan fingerprint density at radius 1 is 1.00 bits per heavy atom. The molecule has 59 valence electrons.